The summed E-state index contributed by atoms with van der Waals surface area (Å²) in [7, 11) is -3.90. The number of rotatable bonds is 13. The Morgan fingerprint density at radius 1 is 1.19 bits per heavy atom. The Kier molecular flexibility index (Phi) is 12.0. The summed E-state index contributed by atoms with van der Waals surface area (Å²) in [4.78, 5) is 32.5. The highest BCUT2D eigenvalue weighted by Crippen LogP contribution is 2.54. The molecule has 2 rings (SSSR count). The molecule has 1 aliphatic rings. The van der Waals surface area contributed by atoms with Crippen LogP contribution < -0.4 is 10.6 Å². The Morgan fingerprint density at radius 2 is 1.83 bits per heavy atom. The molecular formula is C24H43N4O7P. The van der Waals surface area contributed by atoms with Crippen LogP contribution in [0.25, 0.3) is 0 Å². The van der Waals surface area contributed by atoms with Crippen molar-refractivity contribution in [2.45, 2.75) is 103 Å². The van der Waals surface area contributed by atoms with Gasteiger partial charge < -0.3 is 23.9 Å². The number of nitrogens with one attached hydrogen (secondary N) is 3. The molecule has 0 saturated heterocycles. The molecule has 3 atom stereocenters. The first kappa shape index (κ1) is 30.4. The number of alkyl carbamates (subject to hydrolysis) is 1. The number of H-pyrrole nitrogens is 1. The summed E-state index contributed by atoms with van der Waals surface area (Å²) in [5.74, 6) is -1.87. The quantitative estimate of drug-likeness (QED) is 0.278. The van der Waals surface area contributed by atoms with Crippen molar-refractivity contribution in [2.24, 2.45) is 5.92 Å². The average molecular weight is 531 g/mol. The van der Waals surface area contributed by atoms with Crippen LogP contribution in [0.2, 0.25) is 0 Å². The summed E-state index contributed by atoms with van der Waals surface area (Å²) < 4.78 is 29.5. The zero-order valence-corrected chi connectivity index (χ0v) is 23.0. The molecule has 1 unspecified atom stereocenters. The van der Waals surface area contributed by atoms with E-state index in [9.17, 15) is 19.3 Å². The Labute approximate surface area is 214 Å². The second kappa shape index (κ2) is 14.2. The summed E-state index contributed by atoms with van der Waals surface area (Å²) in [5.41, 5.74) is -0.202. The van der Waals surface area contributed by atoms with Gasteiger partial charge >= 0.3 is 13.7 Å². The summed E-state index contributed by atoms with van der Waals surface area (Å²) >= 11 is 0. The molecule has 1 aliphatic carbocycles. The standard InChI is InChI=1S/C24H43N4O7P/c1-6-33-36(32,34-7-2)22(30)20(13-17-11-9-8-10-12-17)27-19(14-18-15-25-16-26-18)21(29)28-23(31)35-24(3,4)5/h15-17,19-20,22,27,30H,6-14H2,1-5H3,(H,25,26)(H,28,29,31)/t19-,20-,22?/m0/s1. The van der Waals surface area contributed by atoms with Crippen molar-refractivity contribution in [1.82, 2.24) is 20.6 Å². The zero-order chi connectivity index (χ0) is 26.8. The van der Waals surface area contributed by atoms with Gasteiger partial charge in [-0.05, 0) is 47.0 Å². The summed E-state index contributed by atoms with van der Waals surface area (Å²) in [6, 6.07) is -1.76. The van der Waals surface area contributed by atoms with Crippen LogP contribution in [-0.2, 0) is 29.6 Å². The summed E-state index contributed by atoms with van der Waals surface area (Å²) in [6.07, 6.45) is 8.14. The van der Waals surface area contributed by atoms with Gasteiger partial charge in [-0.3, -0.25) is 20.0 Å². The van der Waals surface area contributed by atoms with Gasteiger partial charge in [0.15, 0.2) is 5.85 Å². The molecule has 1 aromatic rings. The van der Waals surface area contributed by atoms with Crippen molar-refractivity contribution in [3.8, 4) is 0 Å². The number of carbonyl (C=O) groups excluding carboxylic acids is 2. The van der Waals surface area contributed by atoms with E-state index in [1.165, 1.54) is 6.33 Å². The van der Waals surface area contributed by atoms with E-state index in [2.05, 4.69) is 20.6 Å². The van der Waals surface area contributed by atoms with Gasteiger partial charge in [-0.25, -0.2) is 9.78 Å². The van der Waals surface area contributed by atoms with Gasteiger partial charge in [0, 0.05) is 18.7 Å². The Bertz CT molecular complexity index is 843. The summed E-state index contributed by atoms with van der Waals surface area (Å²) in [5, 5.41) is 16.7. The van der Waals surface area contributed by atoms with E-state index in [1.54, 1.807) is 40.8 Å². The lowest BCUT2D eigenvalue weighted by Gasteiger charge is -2.35. The fraction of sp³-hybridized carbons (Fsp3) is 0.792. The van der Waals surface area contributed by atoms with E-state index in [0.717, 1.165) is 32.1 Å². The molecule has 206 valence electrons. The van der Waals surface area contributed by atoms with E-state index in [1.807, 2.05) is 0 Å². The second-order valence-corrected chi connectivity index (χ2v) is 12.2. The number of hydrogen-bond donors (Lipinski definition) is 4. The highest BCUT2D eigenvalue weighted by atomic mass is 31.2. The molecule has 1 fully saturated rings. The number of hydrogen-bond acceptors (Lipinski definition) is 9. The van der Waals surface area contributed by atoms with Gasteiger partial charge in [0.25, 0.3) is 0 Å². The zero-order valence-electron chi connectivity index (χ0n) is 22.1. The number of imide groups is 1. The van der Waals surface area contributed by atoms with Crippen LogP contribution in [0.3, 0.4) is 0 Å². The first-order valence-corrected chi connectivity index (χ1v) is 14.4. The minimum absolute atomic E-state index is 0.0975. The van der Waals surface area contributed by atoms with E-state index in [-0.39, 0.29) is 25.6 Å². The van der Waals surface area contributed by atoms with Crippen molar-refractivity contribution in [3.63, 3.8) is 0 Å². The van der Waals surface area contributed by atoms with Crippen molar-refractivity contribution in [1.29, 1.82) is 0 Å². The van der Waals surface area contributed by atoms with Crippen LogP contribution in [0, 0.1) is 5.92 Å². The molecule has 1 heterocycles. The minimum Gasteiger partial charge on any atom is -0.444 e. The molecule has 2 amide bonds. The maximum absolute atomic E-state index is 13.5. The third kappa shape index (κ3) is 9.94. The molecule has 0 aliphatic heterocycles. The average Bonchev–Trinajstić information content (AvgIpc) is 3.30. The molecule has 0 radical (unpaired) electrons. The Hall–Kier alpha value is -1.78. The monoisotopic (exact) mass is 530 g/mol. The number of ether oxygens (including phenoxy) is 1. The third-order valence-corrected chi connectivity index (χ3v) is 8.18. The largest absolute Gasteiger partial charge is 0.444 e. The third-order valence-electron chi connectivity index (χ3n) is 5.94. The van der Waals surface area contributed by atoms with Gasteiger partial charge in [-0.1, -0.05) is 32.1 Å². The number of aromatic nitrogens is 2. The van der Waals surface area contributed by atoms with Crippen LogP contribution in [0.4, 0.5) is 4.79 Å². The molecule has 0 aromatic carbocycles. The van der Waals surface area contributed by atoms with Gasteiger partial charge in [-0.15, -0.1) is 0 Å². The molecule has 0 spiro atoms. The smallest absolute Gasteiger partial charge is 0.414 e. The number of imidazole rings is 1. The fourth-order valence-electron chi connectivity index (χ4n) is 4.42. The number of carbonyl (C=O) groups is 2. The lowest BCUT2D eigenvalue weighted by Crippen LogP contribution is -2.55. The van der Waals surface area contributed by atoms with Crippen molar-refractivity contribution in [2.75, 3.05) is 13.2 Å². The maximum Gasteiger partial charge on any atom is 0.414 e. The molecule has 12 heteroatoms. The van der Waals surface area contributed by atoms with Gasteiger partial charge in [0.1, 0.15) is 5.60 Å². The van der Waals surface area contributed by atoms with Crippen molar-refractivity contribution < 1.29 is 33.0 Å². The molecule has 4 N–H and O–H groups in total. The van der Waals surface area contributed by atoms with E-state index < -0.39 is 43.1 Å². The number of aliphatic hydroxyl groups is 1. The normalized spacial score (nSPS) is 17.8. The lowest BCUT2D eigenvalue weighted by atomic mass is 9.84. The van der Waals surface area contributed by atoms with Gasteiger partial charge in [-0.2, -0.15) is 0 Å². The Morgan fingerprint density at radius 3 is 2.36 bits per heavy atom. The van der Waals surface area contributed by atoms with E-state index in [0.29, 0.717) is 12.1 Å². The van der Waals surface area contributed by atoms with Crippen LogP contribution in [-0.4, -0.2) is 63.8 Å². The molecule has 11 nitrogen and oxygen atoms in total. The number of amides is 2. The highest BCUT2D eigenvalue weighted by molar-refractivity contribution is 7.54. The fourth-order valence-corrected chi connectivity index (χ4v) is 6.17. The van der Waals surface area contributed by atoms with E-state index >= 15 is 0 Å². The van der Waals surface area contributed by atoms with Crippen molar-refractivity contribution in [3.05, 3.63) is 18.2 Å². The molecule has 1 saturated carbocycles. The predicted octanol–water partition coefficient (Wildman–Crippen LogP) is 3.89. The maximum atomic E-state index is 13.5. The van der Waals surface area contributed by atoms with Crippen molar-refractivity contribution >= 4 is 19.6 Å². The minimum atomic E-state index is -3.90. The van der Waals surface area contributed by atoms with E-state index in [4.69, 9.17) is 13.8 Å². The molecule has 0 bridgehead atoms. The topological polar surface area (TPSA) is 152 Å². The summed E-state index contributed by atoms with van der Waals surface area (Å²) in [6.45, 7) is 8.65. The van der Waals surface area contributed by atoms with Crippen LogP contribution in [0.15, 0.2) is 12.5 Å². The predicted molar refractivity (Wildman–Crippen MR) is 135 cm³/mol. The van der Waals surface area contributed by atoms with Gasteiger partial charge in [0.05, 0.1) is 31.3 Å². The molecule has 36 heavy (non-hydrogen) atoms. The lowest BCUT2D eigenvalue weighted by molar-refractivity contribution is -0.123. The molecule has 1 aromatic heterocycles. The number of aliphatic hydroxyl groups excluding tert-OH is 1. The Balaban J connectivity index is 2.31. The van der Waals surface area contributed by atoms with Crippen LogP contribution in [0.5, 0.6) is 0 Å². The molecular weight excluding hydrogens is 487 g/mol. The highest BCUT2D eigenvalue weighted by Gasteiger charge is 2.42. The second-order valence-electron chi connectivity index (χ2n) is 10.1. The first-order valence-electron chi connectivity index (χ1n) is 12.8. The van der Waals surface area contributed by atoms with Crippen LogP contribution >= 0.6 is 7.60 Å². The van der Waals surface area contributed by atoms with Crippen LogP contribution in [0.1, 0.15) is 78.8 Å². The van der Waals surface area contributed by atoms with Gasteiger partial charge in [0.2, 0.25) is 5.91 Å². The number of nitrogens with zero attached hydrogens (tertiary/aromatic N) is 1. The number of aromatic amines is 1. The first-order chi connectivity index (χ1) is 17.0. The SMILES string of the molecule is CCOP(=O)(OCC)C(O)[C@H](CC1CCCCC1)N[C@@H](Cc1c[nH]cn1)C(=O)NC(=O)OC(C)(C)C.